The van der Waals surface area contributed by atoms with Crippen molar-refractivity contribution in [2.24, 2.45) is 0 Å². The van der Waals surface area contributed by atoms with E-state index >= 15 is 0 Å². The van der Waals surface area contributed by atoms with Crippen LogP contribution < -0.4 is 0 Å². The molecule has 0 atom stereocenters. The molecule has 3 nitrogen and oxygen atoms in total. The highest BCUT2D eigenvalue weighted by Crippen LogP contribution is 2.17. The van der Waals surface area contributed by atoms with Gasteiger partial charge in [0.1, 0.15) is 0 Å². The van der Waals surface area contributed by atoms with E-state index in [0.717, 1.165) is 10.9 Å². The zero-order valence-corrected chi connectivity index (χ0v) is 7.64. The average molecular weight is 186 g/mol. The fourth-order valence-electron chi connectivity index (χ4n) is 1.56. The number of aromatic nitrogens is 1. The summed E-state index contributed by atoms with van der Waals surface area (Å²) >= 11 is 0. The van der Waals surface area contributed by atoms with Crippen LogP contribution in [-0.4, -0.2) is 16.3 Å². The minimum atomic E-state index is 0.112. The van der Waals surface area contributed by atoms with Gasteiger partial charge in [-0.3, -0.25) is 0 Å². The molecule has 1 aromatic carbocycles. The normalized spacial score (nSPS) is 10.3. The first-order valence-corrected chi connectivity index (χ1v) is 4.45. The van der Waals surface area contributed by atoms with Crippen molar-refractivity contribution in [3.05, 3.63) is 36.0 Å². The topological polar surface area (TPSA) is 49.0 Å². The first kappa shape index (κ1) is 8.79. The van der Waals surface area contributed by atoms with Crippen LogP contribution in [-0.2, 0) is 6.54 Å². The molecule has 0 bridgehead atoms. The van der Waals surface area contributed by atoms with E-state index in [9.17, 15) is 0 Å². The van der Waals surface area contributed by atoms with Gasteiger partial charge in [0, 0.05) is 18.3 Å². The Morgan fingerprint density at radius 2 is 2.21 bits per heavy atom. The second kappa shape index (κ2) is 3.52. The maximum atomic E-state index is 8.84. The van der Waals surface area contributed by atoms with Crippen LogP contribution >= 0.6 is 0 Å². The summed E-state index contributed by atoms with van der Waals surface area (Å²) in [6, 6.07) is 9.63. The third-order valence-corrected chi connectivity index (χ3v) is 2.24. The highest BCUT2D eigenvalue weighted by atomic mass is 16.3. The minimum Gasteiger partial charge on any atom is -0.395 e. The lowest BCUT2D eigenvalue weighted by molar-refractivity contribution is 0.278. The molecule has 0 amide bonds. The summed E-state index contributed by atoms with van der Waals surface area (Å²) in [4.78, 5) is 0. The van der Waals surface area contributed by atoms with Gasteiger partial charge in [-0.1, -0.05) is 6.07 Å². The van der Waals surface area contributed by atoms with Crippen LogP contribution in [0.5, 0.6) is 0 Å². The lowest BCUT2D eigenvalue weighted by atomic mass is 10.2. The number of aliphatic hydroxyl groups is 1. The minimum absolute atomic E-state index is 0.112. The number of benzene rings is 1. The molecule has 0 saturated heterocycles. The molecule has 0 aliphatic heterocycles. The van der Waals surface area contributed by atoms with Crippen molar-refractivity contribution < 1.29 is 5.11 Å². The molecule has 1 heterocycles. The summed E-state index contributed by atoms with van der Waals surface area (Å²) in [5.41, 5.74) is 1.65. The monoisotopic (exact) mass is 186 g/mol. The molecule has 0 unspecified atom stereocenters. The molecule has 3 heteroatoms. The quantitative estimate of drug-likeness (QED) is 0.772. The van der Waals surface area contributed by atoms with Crippen LogP contribution in [0.4, 0.5) is 0 Å². The molecule has 0 aliphatic rings. The molecule has 0 saturated carbocycles. The van der Waals surface area contributed by atoms with Crippen molar-refractivity contribution in [2.45, 2.75) is 6.54 Å². The van der Waals surface area contributed by atoms with E-state index < -0.39 is 0 Å². The molecule has 2 rings (SSSR count). The molecule has 0 aliphatic carbocycles. The fourth-order valence-corrected chi connectivity index (χ4v) is 1.56. The predicted octanol–water partition coefficient (Wildman–Crippen LogP) is 1.51. The van der Waals surface area contributed by atoms with E-state index in [-0.39, 0.29) is 6.61 Å². The van der Waals surface area contributed by atoms with Crippen molar-refractivity contribution >= 4 is 10.9 Å². The van der Waals surface area contributed by atoms with E-state index in [1.54, 1.807) is 6.07 Å². The first-order valence-electron chi connectivity index (χ1n) is 4.45. The molecule has 1 aromatic heterocycles. The molecule has 2 aromatic rings. The molecule has 0 spiro atoms. The van der Waals surface area contributed by atoms with Crippen LogP contribution in [0.3, 0.4) is 0 Å². The van der Waals surface area contributed by atoms with Crippen molar-refractivity contribution in [3.8, 4) is 6.07 Å². The fraction of sp³-hybridized carbons (Fsp3) is 0.182. The first-order chi connectivity index (χ1) is 6.85. The largest absolute Gasteiger partial charge is 0.395 e. The van der Waals surface area contributed by atoms with Gasteiger partial charge in [0.25, 0.3) is 0 Å². The second-order valence-electron chi connectivity index (χ2n) is 3.12. The number of hydrogen-bond donors (Lipinski definition) is 1. The molecular formula is C11H10N2O. The molecule has 0 fully saturated rings. The summed E-state index contributed by atoms with van der Waals surface area (Å²) in [6.45, 7) is 0.680. The number of aliphatic hydroxyl groups excluding tert-OH is 1. The van der Waals surface area contributed by atoms with E-state index in [1.807, 2.05) is 29.0 Å². The number of nitriles is 1. The van der Waals surface area contributed by atoms with Gasteiger partial charge in [-0.2, -0.15) is 5.26 Å². The third kappa shape index (κ3) is 1.36. The van der Waals surface area contributed by atoms with Crippen molar-refractivity contribution in [3.63, 3.8) is 0 Å². The molecule has 1 N–H and O–H groups in total. The lowest BCUT2D eigenvalue weighted by Crippen LogP contribution is -1.99. The third-order valence-electron chi connectivity index (χ3n) is 2.24. The van der Waals surface area contributed by atoms with Crippen LogP contribution in [0.1, 0.15) is 5.56 Å². The Morgan fingerprint density at radius 1 is 1.36 bits per heavy atom. The highest BCUT2D eigenvalue weighted by Gasteiger charge is 2.01. The number of nitrogens with zero attached hydrogens (tertiary/aromatic N) is 2. The lowest BCUT2D eigenvalue weighted by Gasteiger charge is -2.01. The number of rotatable bonds is 2. The second-order valence-corrected chi connectivity index (χ2v) is 3.12. The van der Waals surface area contributed by atoms with Gasteiger partial charge in [0.05, 0.1) is 18.2 Å². The Kier molecular flexibility index (Phi) is 2.21. The van der Waals surface area contributed by atoms with Crippen LogP contribution in [0.15, 0.2) is 30.5 Å². The summed E-state index contributed by atoms with van der Waals surface area (Å²) in [5.74, 6) is 0. The van der Waals surface area contributed by atoms with Gasteiger partial charge in [-0.25, -0.2) is 0 Å². The molecule has 14 heavy (non-hydrogen) atoms. The zero-order chi connectivity index (χ0) is 9.97. The summed E-state index contributed by atoms with van der Waals surface area (Å²) < 4.78 is 1.94. The van der Waals surface area contributed by atoms with E-state index in [0.29, 0.717) is 12.1 Å². The Hall–Kier alpha value is -1.79. The van der Waals surface area contributed by atoms with Gasteiger partial charge in [-0.15, -0.1) is 0 Å². The standard InChI is InChI=1S/C11H10N2O/c12-8-9-1-2-10-3-4-13(5-6-14)11(10)7-9/h1-4,7,14H,5-6H2. The van der Waals surface area contributed by atoms with Gasteiger partial charge in [0.15, 0.2) is 0 Å². The zero-order valence-electron chi connectivity index (χ0n) is 7.64. The van der Waals surface area contributed by atoms with Crippen LogP contribution in [0.25, 0.3) is 10.9 Å². The Labute approximate surface area is 81.8 Å². The summed E-state index contributed by atoms with van der Waals surface area (Å²) in [6.07, 6.45) is 1.92. The summed E-state index contributed by atoms with van der Waals surface area (Å²) in [5, 5.41) is 18.7. The molecular weight excluding hydrogens is 176 g/mol. The smallest absolute Gasteiger partial charge is 0.0992 e. The van der Waals surface area contributed by atoms with E-state index in [4.69, 9.17) is 10.4 Å². The maximum absolute atomic E-state index is 8.84. The van der Waals surface area contributed by atoms with E-state index in [2.05, 4.69) is 6.07 Å². The van der Waals surface area contributed by atoms with Gasteiger partial charge in [0.2, 0.25) is 0 Å². The summed E-state index contributed by atoms with van der Waals surface area (Å²) in [7, 11) is 0. The Morgan fingerprint density at radius 3 is 2.93 bits per heavy atom. The predicted molar refractivity (Wildman–Crippen MR) is 53.7 cm³/mol. The van der Waals surface area contributed by atoms with Gasteiger partial charge in [-0.05, 0) is 23.6 Å². The highest BCUT2D eigenvalue weighted by molar-refractivity contribution is 5.81. The van der Waals surface area contributed by atoms with Crippen molar-refractivity contribution in [1.82, 2.24) is 4.57 Å². The van der Waals surface area contributed by atoms with Crippen LogP contribution in [0, 0.1) is 11.3 Å². The number of hydrogen-bond acceptors (Lipinski definition) is 2. The van der Waals surface area contributed by atoms with Crippen molar-refractivity contribution in [1.29, 1.82) is 5.26 Å². The van der Waals surface area contributed by atoms with E-state index in [1.165, 1.54) is 0 Å². The Balaban J connectivity index is 2.59. The maximum Gasteiger partial charge on any atom is 0.0992 e. The SMILES string of the molecule is N#Cc1ccc2ccn(CCO)c2c1. The number of fused-ring (bicyclic) bond motifs is 1. The van der Waals surface area contributed by atoms with Crippen LogP contribution in [0.2, 0.25) is 0 Å². The van der Waals surface area contributed by atoms with Gasteiger partial charge >= 0.3 is 0 Å². The molecule has 70 valence electrons. The van der Waals surface area contributed by atoms with Gasteiger partial charge < -0.3 is 9.67 Å². The average Bonchev–Trinajstić information content (AvgIpc) is 2.61. The Bertz CT molecular complexity index is 493. The molecule has 0 radical (unpaired) electrons. The van der Waals surface area contributed by atoms with Crippen molar-refractivity contribution in [2.75, 3.05) is 6.61 Å².